The van der Waals surface area contributed by atoms with Crippen molar-refractivity contribution in [3.8, 4) is 17.2 Å². The molecule has 0 fully saturated rings. The highest BCUT2D eigenvalue weighted by Gasteiger charge is 2.19. The normalized spacial score (nSPS) is 11.5. The van der Waals surface area contributed by atoms with Crippen LogP contribution in [-0.4, -0.2) is 32.7 Å². The molecule has 4 aromatic rings. The number of rotatable bonds is 5. The minimum atomic E-state index is -3.53. The first-order chi connectivity index (χ1) is 13.8. The monoisotopic (exact) mass is 428 g/mol. The maximum Gasteiger partial charge on any atom is 0.258 e. The molecular weight excluding hydrogens is 412 g/mol. The average Bonchev–Trinajstić information content (AvgIpc) is 3.33. The molecule has 0 saturated carbocycles. The largest absolute Gasteiger partial charge is 0.497 e. The van der Waals surface area contributed by atoms with Crippen molar-refractivity contribution in [2.75, 3.05) is 18.7 Å². The predicted octanol–water partition coefficient (Wildman–Crippen LogP) is 4.22. The number of aromatic nitrogens is 1. The molecule has 0 aliphatic rings. The zero-order valence-corrected chi connectivity index (χ0v) is 17.1. The third-order valence-electron chi connectivity index (χ3n) is 4.24. The Kier molecular flexibility index (Phi) is 4.85. The highest BCUT2D eigenvalue weighted by atomic mass is 32.2. The number of fused-ring (bicyclic) bond motifs is 1. The van der Waals surface area contributed by atoms with E-state index in [1.807, 2.05) is 18.2 Å². The second-order valence-corrected chi connectivity index (χ2v) is 9.12. The number of benzene rings is 2. The lowest BCUT2D eigenvalue weighted by Crippen LogP contribution is -2.15. The minimum absolute atomic E-state index is 0.0273. The van der Waals surface area contributed by atoms with Crippen LogP contribution >= 0.6 is 11.3 Å². The van der Waals surface area contributed by atoms with Gasteiger partial charge in [-0.25, -0.2) is 13.4 Å². The Morgan fingerprint density at radius 3 is 2.72 bits per heavy atom. The van der Waals surface area contributed by atoms with E-state index in [-0.39, 0.29) is 10.5 Å². The van der Waals surface area contributed by atoms with Crippen molar-refractivity contribution in [2.24, 2.45) is 0 Å². The van der Waals surface area contributed by atoms with Crippen molar-refractivity contribution < 1.29 is 22.4 Å². The number of sulfone groups is 1. The molecule has 148 valence electrons. The molecule has 0 spiro atoms. The molecule has 2 aromatic carbocycles. The number of methoxy groups -OCH3 is 1. The fraction of sp³-hybridized carbons (Fsp3) is 0.100. The van der Waals surface area contributed by atoms with Crippen molar-refractivity contribution in [1.29, 1.82) is 0 Å². The quantitative estimate of drug-likeness (QED) is 0.511. The van der Waals surface area contributed by atoms with Crippen LogP contribution in [0.15, 0.2) is 63.2 Å². The predicted molar refractivity (Wildman–Crippen MR) is 111 cm³/mol. The molecule has 0 radical (unpaired) electrons. The number of furan rings is 1. The second kappa shape index (κ2) is 7.34. The lowest BCUT2D eigenvalue weighted by molar-refractivity contribution is 0.102. The van der Waals surface area contributed by atoms with E-state index >= 15 is 0 Å². The number of carbonyl (C=O) groups is 1. The summed E-state index contributed by atoms with van der Waals surface area (Å²) >= 11 is 1.22. The molecule has 0 aliphatic carbocycles. The third kappa shape index (κ3) is 3.87. The van der Waals surface area contributed by atoms with Gasteiger partial charge in [0.1, 0.15) is 17.0 Å². The smallest absolute Gasteiger partial charge is 0.258 e. The van der Waals surface area contributed by atoms with Gasteiger partial charge in [0.2, 0.25) is 0 Å². The summed E-state index contributed by atoms with van der Waals surface area (Å²) in [6.07, 6.45) is 1.07. The van der Waals surface area contributed by atoms with E-state index in [0.29, 0.717) is 27.9 Å². The SMILES string of the molecule is COc1ccc2cc(-c3csc(NC(=O)c4ccccc4S(C)(=O)=O)n3)oc2c1. The summed E-state index contributed by atoms with van der Waals surface area (Å²) in [6, 6.07) is 13.4. The topological polar surface area (TPSA) is 98.5 Å². The number of nitrogens with zero attached hydrogens (tertiary/aromatic N) is 1. The first kappa shape index (κ1) is 19.2. The van der Waals surface area contributed by atoms with Gasteiger partial charge < -0.3 is 9.15 Å². The van der Waals surface area contributed by atoms with Gasteiger partial charge in [-0.05, 0) is 30.3 Å². The lowest BCUT2D eigenvalue weighted by atomic mass is 10.2. The van der Waals surface area contributed by atoms with Crippen molar-refractivity contribution in [2.45, 2.75) is 4.90 Å². The van der Waals surface area contributed by atoms with Crippen LogP contribution in [-0.2, 0) is 9.84 Å². The summed E-state index contributed by atoms with van der Waals surface area (Å²) in [5.74, 6) is 0.706. The number of hydrogen-bond donors (Lipinski definition) is 1. The molecule has 7 nitrogen and oxygen atoms in total. The van der Waals surface area contributed by atoms with Crippen molar-refractivity contribution in [3.63, 3.8) is 0 Å². The van der Waals surface area contributed by atoms with Crippen LogP contribution in [0.2, 0.25) is 0 Å². The molecule has 1 amide bonds. The first-order valence-corrected chi connectivity index (χ1v) is 11.3. The highest BCUT2D eigenvalue weighted by molar-refractivity contribution is 7.90. The van der Waals surface area contributed by atoms with Crippen LogP contribution in [0.1, 0.15) is 10.4 Å². The summed E-state index contributed by atoms with van der Waals surface area (Å²) in [6.45, 7) is 0. The molecule has 0 saturated heterocycles. The van der Waals surface area contributed by atoms with Crippen molar-refractivity contribution in [1.82, 2.24) is 4.98 Å². The zero-order valence-electron chi connectivity index (χ0n) is 15.5. The average molecular weight is 428 g/mol. The summed E-state index contributed by atoms with van der Waals surface area (Å²) in [5, 5.41) is 5.66. The molecule has 0 bridgehead atoms. The number of amides is 1. The Morgan fingerprint density at radius 2 is 1.97 bits per heavy atom. The van der Waals surface area contributed by atoms with Gasteiger partial charge in [0.05, 0.1) is 17.6 Å². The maximum absolute atomic E-state index is 12.6. The van der Waals surface area contributed by atoms with Gasteiger partial charge in [-0.3, -0.25) is 10.1 Å². The van der Waals surface area contributed by atoms with E-state index in [2.05, 4.69) is 10.3 Å². The number of thiazole rings is 1. The minimum Gasteiger partial charge on any atom is -0.497 e. The molecule has 9 heteroatoms. The van der Waals surface area contributed by atoms with Gasteiger partial charge in [0.25, 0.3) is 5.91 Å². The van der Waals surface area contributed by atoms with E-state index in [1.54, 1.807) is 30.7 Å². The fourth-order valence-corrected chi connectivity index (χ4v) is 4.43. The summed E-state index contributed by atoms with van der Waals surface area (Å²) in [7, 11) is -1.95. The second-order valence-electron chi connectivity index (χ2n) is 6.27. The van der Waals surface area contributed by atoms with E-state index in [1.165, 1.54) is 23.5 Å². The van der Waals surface area contributed by atoms with E-state index in [0.717, 1.165) is 11.6 Å². The van der Waals surface area contributed by atoms with Gasteiger partial charge in [0.15, 0.2) is 20.7 Å². The number of ether oxygens (including phenoxy) is 1. The molecular formula is C20H16N2O5S2. The van der Waals surface area contributed by atoms with Crippen molar-refractivity contribution >= 4 is 43.2 Å². The number of nitrogens with one attached hydrogen (secondary N) is 1. The van der Waals surface area contributed by atoms with Gasteiger partial charge in [-0.1, -0.05) is 12.1 Å². The Balaban J connectivity index is 1.60. The van der Waals surface area contributed by atoms with Gasteiger partial charge >= 0.3 is 0 Å². The van der Waals surface area contributed by atoms with Crippen LogP contribution in [0.5, 0.6) is 5.75 Å². The standard InChI is InChI=1S/C20H16N2O5S2/c1-26-13-8-7-12-9-17(27-16(12)10-13)15-11-28-20(21-15)22-19(23)14-5-3-4-6-18(14)29(2,24)25/h3-11H,1-2H3,(H,21,22,23). The number of anilines is 1. The Morgan fingerprint density at radius 1 is 1.17 bits per heavy atom. The number of hydrogen-bond acceptors (Lipinski definition) is 7. The molecule has 0 aliphatic heterocycles. The van der Waals surface area contributed by atoms with E-state index in [4.69, 9.17) is 9.15 Å². The summed E-state index contributed by atoms with van der Waals surface area (Å²) in [5.41, 5.74) is 1.31. The van der Waals surface area contributed by atoms with Crippen LogP contribution in [0.25, 0.3) is 22.4 Å². The van der Waals surface area contributed by atoms with Gasteiger partial charge in [-0.2, -0.15) is 0 Å². The molecule has 4 rings (SSSR count). The highest BCUT2D eigenvalue weighted by Crippen LogP contribution is 2.32. The Labute approximate surface area is 170 Å². The third-order valence-corrected chi connectivity index (χ3v) is 6.15. The molecule has 29 heavy (non-hydrogen) atoms. The molecule has 0 unspecified atom stereocenters. The summed E-state index contributed by atoms with van der Waals surface area (Å²) in [4.78, 5) is 17.0. The Hall–Kier alpha value is -3.17. The Bertz CT molecular complexity index is 1320. The summed E-state index contributed by atoms with van der Waals surface area (Å²) < 4.78 is 34.9. The van der Waals surface area contributed by atoms with Crippen LogP contribution in [0, 0.1) is 0 Å². The first-order valence-electron chi connectivity index (χ1n) is 8.49. The van der Waals surface area contributed by atoms with Crippen LogP contribution < -0.4 is 10.1 Å². The van der Waals surface area contributed by atoms with E-state index in [9.17, 15) is 13.2 Å². The maximum atomic E-state index is 12.6. The van der Waals surface area contributed by atoms with Gasteiger partial charge in [0, 0.05) is 23.1 Å². The lowest BCUT2D eigenvalue weighted by Gasteiger charge is -2.06. The van der Waals surface area contributed by atoms with Gasteiger partial charge in [-0.15, -0.1) is 11.3 Å². The molecule has 2 heterocycles. The van der Waals surface area contributed by atoms with E-state index < -0.39 is 15.7 Å². The molecule has 1 N–H and O–H groups in total. The zero-order chi connectivity index (χ0) is 20.6. The van der Waals surface area contributed by atoms with Crippen LogP contribution in [0.4, 0.5) is 5.13 Å². The van der Waals surface area contributed by atoms with Crippen molar-refractivity contribution in [3.05, 3.63) is 59.5 Å². The molecule has 2 aromatic heterocycles. The van der Waals surface area contributed by atoms with Crippen LogP contribution in [0.3, 0.4) is 0 Å². The number of carbonyl (C=O) groups excluding carboxylic acids is 1. The fourth-order valence-electron chi connectivity index (χ4n) is 2.85. The molecule has 0 atom stereocenters.